The molecule has 0 aliphatic carbocycles. The Labute approximate surface area is 121 Å². The highest BCUT2D eigenvalue weighted by molar-refractivity contribution is 6.35. The lowest BCUT2D eigenvalue weighted by Gasteiger charge is -2.08. The lowest BCUT2D eigenvalue weighted by molar-refractivity contribution is -0.123. The summed E-state index contributed by atoms with van der Waals surface area (Å²) in [5.41, 5.74) is 1.63. The van der Waals surface area contributed by atoms with Crippen molar-refractivity contribution in [3.05, 3.63) is 77.4 Å². The average molecular weight is 277 g/mol. The second-order valence-corrected chi connectivity index (χ2v) is 4.62. The molecule has 0 atom stereocenters. The molecule has 4 nitrogen and oxygen atoms in total. The van der Waals surface area contributed by atoms with Gasteiger partial charge in [-0.1, -0.05) is 54.6 Å². The molecule has 0 aromatic heterocycles. The fourth-order valence-electron chi connectivity index (χ4n) is 2.27. The van der Waals surface area contributed by atoms with Gasteiger partial charge in [0.15, 0.2) is 5.78 Å². The fourth-order valence-corrected chi connectivity index (χ4v) is 2.27. The number of benzene rings is 2. The molecule has 4 heteroatoms. The standard InChI is InChI=1S/C17H11NO3/c19-15-10-14(17(21)18-15)12-8-4-5-9-13(12)16(20)11-6-2-1-3-7-11/h1-10H,(H,18,19,21). The monoisotopic (exact) mass is 277 g/mol. The van der Waals surface area contributed by atoms with E-state index in [4.69, 9.17) is 0 Å². The lowest BCUT2D eigenvalue weighted by Crippen LogP contribution is -2.22. The topological polar surface area (TPSA) is 63.2 Å². The number of rotatable bonds is 3. The van der Waals surface area contributed by atoms with Crippen LogP contribution in [0, 0.1) is 0 Å². The van der Waals surface area contributed by atoms with Crippen LogP contribution in [0.3, 0.4) is 0 Å². The van der Waals surface area contributed by atoms with Crippen LogP contribution < -0.4 is 5.32 Å². The van der Waals surface area contributed by atoms with Gasteiger partial charge in [0.05, 0.1) is 5.57 Å². The Hall–Kier alpha value is -3.01. The molecule has 0 radical (unpaired) electrons. The molecule has 2 amide bonds. The molecule has 0 bridgehead atoms. The van der Waals surface area contributed by atoms with Crippen molar-refractivity contribution in [3.8, 4) is 0 Å². The summed E-state index contributed by atoms with van der Waals surface area (Å²) >= 11 is 0. The van der Waals surface area contributed by atoms with Crippen molar-refractivity contribution in [3.63, 3.8) is 0 Å². The molecule has 0 unspecified atom stereocenters. The second kappa shape index (κ2) is 5.17. The molecular formula is C17H11NO3. The van der Waals surface area contributed by atoms with Crippen LogP contribution in [0.1, 0.15) is 21.5 Å². The summed E-state index contributed by atoms with van der Waals surface area (Å²) < 4.78 is 0. The molecule has 1 aliphatic rings. The maximum absolute atomic E-state index is 12.6. The minimum absolute atomic E-state index is 0.181. The van der Waals surface area contributed by atoms with E-state index in [1.165, 1.54) is 6.08 Å². The van der Waals surface area contributed by atoms with Crippen LogP contribution in [0.2, 0.25) is 0 Å². The first-order chi connectivity index (χ1) is 10.2. The predicted octanol–water partition coefficient (Wildman–Crippen LogP) is 1.96. The quantitative estimate of drug-likeness (QED) is 0.689. The molecule has 2 aromatic rings. The first-order valence-corrected chi connectivity index (χ1v) is 6.43. The van der Waals surface area contributed by atoms with Crippen molar-refractivity contribution in [2.24, 2.45) is 0 Å². The highest BCUT2D eigenvalue weighted by Gasteiger charge is 2.25. The van der Waals surface area contributed by atoms with Gasteiger partial charge in [0.2, 0.25) is 0 Å². The lowest BCUT2D eigenvalue weighted by atomic mass is 9.94. The van der Waals surface area contributed by atoms with Gasteiger partial charge in [0, 0.05) is 17.2 Å². The van der Waals surface area contributed by atoms with Gasteiger partial charge >= 0.3 is 0 Å². The van der Waals surface area contributed by atoms with Crippen LogP contribution in [0.15, 0.2) is 60.7 Å². The van der Waals surface area contributed by atoms with Gasteiger partial charge in [0.25, 0.3) is 11.8 Å². The van der Waals surface area contributed by atoms with Gasteiger partial charge in [-0.3, -0.25) is 19.7 Å². The zero-order valence-electron chi connectivity index (χ0n) is 11.0. The number of nitrogens with one attached hydrogen (secondary N) is 1. The molecule has 0 spiro atoms. The number of hydrogen-bond donors (Lipinski definition) is 1. The average Bonchev–Trinajstić information content (AvgIpc) is 2.86. The fraction of sp³-hybridized carbons (Fsp3) is 0. The van der Waals surface area contributed by atoms with Crippen molar-refractivity contribution in [1.29, 1.82) is 0 Å². The van der Waals surface area contributed by atoms with Gasteiger partial charge in [-0.15, -0.1) is 0 Å². The SMILES string of the molecule is O=C1C=C(c2ccccc2C(=O)c2ccccc2)C(=O)N1. The molecule has 0 fully saturated rings. The summed E-state index contributed by atoms with van der Waals surface area (Å²) in [6.07, 6.45) is 1.22. The summed E-state index contributed by atoms with van der Waals surface area (Å²) in [4.78, 5) is 35.6. The Kier molecular flexibility index (Phi) is 3.20. The molecule has 21 heavy (non-hydrogen) atoms. The molecule has 0 saturated heterocycles. The third-order valence-corrected chi connectivity index (χ3v) is 3.25. The van der Waals surface area contributed by atoms with E-state index in [2.05, 4.69) is 5.32 Å². The molecule has 3 rings (SSSR count). The Morgan fingerprint density at radius 3 is 2.19 bits per heavy atom. The smallest absolute Gasteiger partial charge is 0.258 e. The summed E-state index contributed by atoms with van der Waals surface area (Å²) in [7, 11) is 0. The predicted molar refractivity (Wildman–Crippen MR) is 77.4 cm³/mol. The molecule has 1 aliphatic heterocycles. The van der Waals surface area contributed by atoms with E-state index in [0.717, 1.165) is 0 Å². The number of ketones is 1. The molecule has 1 N–H and O–H groups in total. The number of carbonyl (C=O) groups excluding carboxylic acids is 3. The van der Waals surface area contributed by atoms with E-state index >= 15 is 0 Å². The number of imide groups is 1. The van der Waals surface area contributed by atoms with Crippen LogP contribution >= 0.6 is 0 Å². The summed E-state index contributed by atoms with van der Waals surface area (Å²) in [5, 5.41) is 2.19. The maximum atomic E-state index is 12.6. The number of amides is 2. The van der Waals surface area contributed by atoms with Gasteiger partial charge < -0.3 is 0 Å². The molecular weight excluding hydrogens is 266 g/mol. The Morgan fingerprint density at radius 2 is 1.52 bits per heavy atom. The van der Waals surface area contributed by atoms with Crippen molar-refractivity contribution >= 4 is 23.2 Å². The second-order valence-electron chi connectivity index (χ2n) is 4.62. The first kappa shape index (κ1) is 13.0. The van der Waals surface area contributed by atoms with Crippen molar-refractivity contribution < 1.29 is 14.4 Å². The maximum Gasteiger partial charge on any atom is 0.258 e. The van der Waals surface area contributed by atoms with E-state index in [-0.39, 0.29) is 11.4 Å². The number of carbonyl (C=O) groups is 3. The summed E-state index contributed by atoms with van der Waals surface area (Å²) in [6, 6.07) is 15.6. The summed E-state index contributed by atoms with van der Waals surface area (Å²) in [6.45, 7) is 0. The van der Waals surface area contributed by atoms with Gasteiger partial charge in [0.1, 0.15) is 0 Å². The molecule has 2 aromatic carbocycles. The Morgan fingerprint density at radius 1 is 0.857 bits per heavy atom. The van der Waals surface area contributed by atoms with E-state index < -0.39 is 11.8 Å². The van der Waals surface area contributed by atoms with E-state index in [1.807, 2.05) is 6.07 Å². The molecule has 1 heterocycles. The van der Waals surface area contributed by atoms with Gasteiger partial charge in [-0.2, -0.15) is 0 Å². The third-order valence-electron chi connectivity index (χ3n) is 3.25. The zero-order chi connectivity index (χ0) is 14.8. The first-order valence-electron chi connectivity index (χ1n) is 6.43. The molecule has 0 saturated carbocycles. The van der Waals surface area contributed by atoms with E-state index in [9.17, 15) is 14.4 Å². The Balaban J connectivity index is 2.09. The normalized spacial score (nSPS) is 13.8. The summed E-state index contributed by atoms with van der Waals surface area (Å²) in [5.74, 6) is -1.12. The minimum Gasteiger partial charge on any atom is -0.289 e. The van der Waals surface area contributed by atoms with Crippen LogP contribution in [-0.2, 0) is 9.59 Å². The highest BCUT2D eigenvalue weighted by atomic mass is 16.2. The van der Waals surface area contributed by atoms with E-state index in [0.29, 0.717) is 16.7 Å². The van der Waals surface area contributed by atoms with E-state index in [1.54, 1.807) is 48.5 Å². The highest BCUT2D eigenvalue weighted by Crippen LogP contribution is 2.24. The van der Waals surface area contributed by atoms with Gasteiger partial charge in [-0.25, -0.2) is 0 Å². The van der Waals surface area contributed by atoms with Crippen LogP contribution in [0.4, 0.5) is 0 Å². The van der Waals surface area contributed by atoms with Crippen LogP contribution in [0.25, 0.3) is 5.57 Å². The number of hydrogen-bond acceptors (Lipinski definition) is 3. The van der Waals surface area contributed by atoms with Crippen molar-refractivity contribution in [1.82, 2.24) is 5.32 Å². The van der Waals surface area contributed by atoms with Crippen LogP contribution in [0.5, 0.6) is 0 Å². The largest absolute Gasteiger partial charge is 0.289 e. The van der Waals surface area contributed by atoms with Crippen molar-refractivity contribution in [2.45, 2.75) is 0 Å². The van der Waals surface area contributed by atoms with Crippen LogP contribution in [-0.4, -0.2) is 17.6 Å². The zero-order valence-corrected chi connectivity index (χ0v) is 11.0. The van der Waals surface area contributed by atoms with Gasteiger partial charge in [-0.05, 0) is 5.56 Å². The third kappa shape index (κ3) is 2.39. The molecule has 102 valence electrons. The minimum atomic E-state index is -0.478. The Bertz CT molecular complexity index is 776. The van der Waals surface area contributed by atoms with Crippen molar-refractivity contribution in [2.75, 3.05) is 0 Å².